The predicted octanol–water partition coefficient (Wildman–Crippen LogP) is 4.13. The van der Waals surface area contributed by atoms with Gasteiger partial charge in [-0.2, -0.15) is 0 Å². The number of halogens is 2. The number of benzene rings is 2. The Morgan fingerprint density at radius 1 is 1.24 bits per heavy atom. The highest BCUT2D eigenvalue weighted by molar-refractivity contribution is 7.99. The molecule has 0 radical (unpaired) electrons. The third-order valence-corrected chi connectivity index (χ3v) is 5.00. The summed E-state index contributed by atoms with van der Waals surface area (Å²) in [5.74, 6) is 0.850. The van der Waals surface area contributed by atoms with Crippen LogP contribution < -0.4 is 5.32 Å². The van der Waals surface area contributed by atoms with Crippen LogP contribution in [0.25, 0.3) is 0 Å². The van der Waals surface area contributed by atoms with Gasteiger partial charge in [-0.15, -0.1) is 11.8 Å². The van der Waals surface area contributed by atoms with Crippen molar-refractivity contribution in [1.82, 2.24) is 10.2 Å². The maximum Gasteiger partial charge on any atom is 0.230 e. The fourth-order valence-electron chi connectivity index (χ4n) is 2.43. The van der Waals surface area contributed by atoms with Gasteiger partial charge in [0.25, 0.3) is 0 Å². The summed E-state index contributed by atoms with van der Waals surface area (Å²) in [5.41, 5.74) is 2.07. The smallest absolute Gasteiger partial charge is 0.230 e. The molecule has 3 nitrogen and oxygen atoms in total. The number of carbonyl (C=O) groups is 1. The van der Waals surface area contributed by atoms with Crippen molar-refractivity contribution in [2.24, 2.45) is 0 Å². The number of thioether (sulfide) groups is 1. The molecule has 0 saturated carbocycles. The van der Waals surface area contributed by atoms with Crippen molar-refractivity contribution in [2.75, 3.05) is 26.4 Å². The largest absolute Gasteiger partial charge is 0.353 e. The molecule has 0 fully saturated rings. The Kier molecular flexibility index (Phi) is 7.75. The second-order valence-electron chi connectivity index (χ2n) is 5.96. The van der Waals surface area contributed by atoms with E-state index in [9.17, 15) is 9.18 Å². The summed E-state index contributed by atoms with van der Waals surface area (Å²) in [7, 11) is 3.88. The highest BCUT2D eigenvalue weighted by Crippen LogP contribution is 2.19. The first-order chi connectivity index (χ1) is 12.0. The molecule has 2 aromatic rings. The summed E-state index contributed by atoms with van der Waals surface area (Å²) in [6, 6.07) is 14.0. The monoisotopic (exact) mass is 380 g/mol. The maximum atomic E-state index is 13.1. The van der Waals surface area contributed by atoms with Gasteiger partial charge in [-0.3, -0.25) is 4.79 Å². The lowest BCUT2D eigenvalue weighted by Crippen LogP contribution is -2.35. The summed E-state index contributed by atoms with van der Waals surface area (Å²) >= 11 is 7.50. The van der Waals surface area contributed by atoms with Crippen LogP contribution in [-0.4, -0.2) is 37.2 Å². The number of likely N-dealkylation sites (N-methyl/N-ethyl adjacent to an activating group) is 1. The minimum absolute atomic E-state index is 0.00230. The van der Waals surface area contributed by atoms with E-state index in [4.69, 9.17) is 11.6 Å². The second kappa shape index (κ2) is 9.80. The number of carbonyl (C=O) groups excluding carboxylic acids is 1. The molecule has 2 rings (SSSR count). The first-order valence-electron chi connectivity index (χ1n) is 7.96. The average Bonchev–Trinajstić information content (AvgIpc) is 2.56. The highest BCUT2D eigenvalue weighted by atomic mass is 35.5. The molecule has 0 aliphatic carbocycles. The standard InChI is InChI=1S/C19H22ClFN2OS/c1-23(2)18(15-6-8-17(21)9-7-15)11-22-19(24)13-25-12-14-4-3-5-16(20)10-14/h3-10,18H,11-13H2,1-2H3,(H,22,24). The van der Waals surface area contributed by atoms with Crippen molar-refractivity contribution in [3.63, 3.8) is 0 Å². The zero-order chi connectivity index (χ0) is 18.2. The van der Waals surface area contributed by atoms with Gasteiger partial charge in [0.2, 0.25) is 5.91 Å². The summed E-state index contributed by atoms with van der Waals surface area (Å²) in [6.07, 6.45) is 0. The van der Waals surface area contributed by atoms with Crippen molar-refractivity contribution in [3.05, 3.63) is 70.5 Å². The number of nitrogens with one attached hydrogen (secondary N) is 1. The number of hydrogen-bond acceptors (Lipinski definition) is 3. The quantitative estimate of drug-likeness (QED) is 0.747. The van der Waals surface area contributed by atoms with Gasteiger partial charge >= 0.3 is 0 Å². The van der Waals surface area contributed by atoms with E-state index in [1.165, 1.54) is 12.1 Å². The molecular weight excluding hydrogens is 359 g/mol. The third-order valence-electron chi connectivity index (χ3n) is 3.76. The van der Waals surface area contributed by atoms with Gasteiger partial charge < -0.3 is 10.2 Å². The van der Waals surface area contributed by atoms with Crippen molar-refractivity contribution in [2.45, 2.75) is 11.8 Å². The number of hydrogen-bond donors (Lipinski definition) is 1. The lowest BCUT2D eigenvalue weighted by atomic mass is 10.1. The van der Waals surface area contributed by atoms with Crippen LogP contribution in [0.5, 0.6) is 0 Å². The molecule has 1 N–H and O–H groups in total. The van der Waals surface area contributed by atoms with Gasteiger partial charge in [0, 0.05) is 17.3 Å². The van der Waals surface area contributed by atoms with Crippen molar-refractivity contribution in [3.8, 4) is 0 Å². The van der Waals surface area contributed by atoms with E-state index in [2.05, 4.69) is 5.32 Å². The lowest BCUT2D eigenvalue weighted by Gasteiger charge is -2.25. The SMILES string of the molecule is CN(C)C(CNC(=O)CSCc1cccc(Cl)c1)c1ccc(F)cc1. The molecule has 6 heteroatoms. The molecule has 2 aromatic carbocycles. The molecule has 0 aromatic heterocycles. The van der Waals surface area contributed by atoms with Crippen LogP contribution in [0.4, 0.5) is 4.39 Å². The van der Waals surface area contributed by atoms with Gasteiger partial charge in [-0.25, -0.2) is 4.39 Å². The fourth-order valence-corrected chi connectivity index (χ4v) is 3.45. The molecule has 25 heavy (non-hydrogen) atoms. The Morgan fingerprint density at radius 2 is 1.96 bits per heavy atom. The summed E-state index contributed by atoms with van der Waals surface area (Å²) in [4.78, 5) is 14.1. The minimum atomic E-state index is -0.261. The Labute approximate surface area is 157 Å². The van der Waals surface area contributed by atoms with Gasteiger partial charge in [-0.1, -0.05) is 35.9 Å². The van der Waals surface area contributed by atoms with Crippen molar-refractivity contribution < 1.29 is 9.18 Å². The molecular formula is C19H22ClFN2OS. The van der Waals surface area contributed by atoms with Gasteiger partial charge in [0.1, 0.15) is 5.82 Å². The maximum absolute atomic E-state index is 13.1. The van der Waals surface area contributed by atoms with Gasteiger partial charge in [0.15, 0.2) is 0 Å². The second-order valence-corrected chi connectivity index (χ2v) is 7.38. The molecule has 134 valence electrons. The van der Waals surface area contributed by atoms with Crippen LogP contribution in [0.15, 0.2) is 48.5 Å². The normalized spacial score (nSPS) is 12.2. The molecule has 0 saturated heterocycles. The Hall–Kier alpha value is -1.56. The molecule has 1 amide bonds. The number of amides is 1. The first-order valence-corrected chi connectivity index (χ1v) is 9.50. The van der Waals surface area contributed by atoms with E-state index in [1.807, 2.05) is 43.3 Å². The van der Waals surface area contributed by atoms with Gasteiger partial charge in [0.05, 0.1) is 11.8 Å². The van der Waals surface area contributed by atoms with Crippen LogP contribution in [0.3, 0.4) is 0 Å². The molecule has 0 spiro atoms. The number of rotatable bonds is 8. The van der Waals surface area contributed by atoms with Crippen LogP contribution in [0, 0.1) is 5.82 Å². The molecule has 0 aliphatic heterocycles. The van der Waals surface area contributed by atoms with E-state index in [1.54, 1.807) is 23.9 Å². The molecule has 1 atom stereocenters. The third kappa shape index (κ3) is 6.69. The molecule has 0 aliphatic rings. The summed E-state index contributed by atoms with van der Waals surface area (Å²) in [6.45, 7) is 0.481. The molecule has 1 unspecified atom stereocenters. The number of nitrogens with zero attached hydrogens (tertiary/aromatic N) is 1. The Balaban J connectivity index is 1.79. The fraction of sp³-hybridized carbons (Fsp3) is 0.316. The van der Waals surface area contributed by atoms with Gasteiger partial charge in [-0.05, 0) is 49.5 Å². The zero-order valence-corrected chi connectivity index (χ0v) is 15.9. The van der Waals surface area contributed by atoms with Crippen LogP contribution >= 0.6 is 23.4 Å². The van der Waals surface area contributed by atoms with E-state index >= 15 is 0 Å². The van der Waals surface area contributed by atoms with E-state index in [-0.39, 0.29) is 17.8 Å². The first kappa shape index (κ1) is 19.8. The van der Waals surface area contributed by atoms with Crippen LogP contribution in [0.2, 0.25) is 5.02 Å². The van der Waals surface area contributed by atoms with E-state index in [0.29, 0.717) is 17.3 Å². The molecule has 0 heterocycles. The van der Waals surface area contributed by atoms with Crippen molar-refractivity contribution >= 4 is 29.3 Å². The summed E-state index contributed by atoms with van der Waals surface area (Å²) in [5, 5.41) is 3.66. The van der Waals surface area contributed by atoms with E-state index < -0.39 is 0 Å². The van der Waals surface area contributed by atoms with Crippen LogP contribution in [0.1, 0.15) is 17.2 Å². The van der Waals surface area contributed by atoms with E-state index in [0.717, 1.165) is 16.9 Å². The topological polar surface area (TPSA) is 32.3 Å². The molecule has 0 bridgehead atoms. The van der Waals surface area contributed by atoms with Crippen molar-refractivity contribution in [1.29, 1.82) is 0 Å². The Morgan fingerprint density at radius 3 is 2.60 bits per heavy atom. The Bertz CT molecular complexity index is 694. The minimum Gasteiger partial charge on any atom is -0.353 e. The van der Waals surface area contributed by atoms with Crippen LogP contribution in [-0.2, 0) is 10.5 Å². The zero-order valence-electron chi connectivity index (χ0n) is 14.3. The highest BCUT2D eigenvalue weighted by Gasteiger charge is 2.15. The predicted molar refractivity (Wildman–Crippen MR) is 103 cm³/mol. The average molecular weight is 381 g/mol. The summed E-state index contributed by atoms with van der Waals surface area (Å²) < 4.78 is 13.1. The lowest BCUT2D eigenvalue weighted by molar-refractivity contribution is -0.118.